The SMILES string of the molecule is [2H]c1c([2H])c([2H])c2c(c1[2H])c([2H])c([2H])c1c([2H])c([2H])c(-c3nc(-c4cccc(-c5ccc(-c6ccc7ccccc7c6)cc5)c4)nc(-c4cccc5oc6ccccc6c45)n3)c([2H])c12. The molecule has 4 nitrogen and oxygen atoms in total. The van der Waals surface area contributed by atoms with E-state index in [1.54, 1.807) is 0 Å². The Hall–Kier alpha value is -7.43. The molecule has 0 atom stereocenters. The lowest BCUT2D eigenvalue weighted by Crippen LogP contribution is -2.00. The Balaban J connectivity index is 1.14. The van der Waals surface area contributed by atoms with E-state index in [2.05, 4.69) is 54.6 Å². The maximum Gasteiger partial charge on any atom is 0.164 e. The van der Waals surface area contributed by atoms with Gasteiger partial charge in [0, 0.05) is 27.5 Å². The summed E-state index contributed by atoms with van der Waals surface area (Å²) < 4.78 is 86.4. The van der Waals surface area contributed by atoms with Crippen LogP contribution in [-0.4, -0.2) is 15.0 Å². The molecule has 0 bridgehead atoms. The number of rotatable bonds is 5. The van der Waals surface area contributed by atoms with Crippen LogP contribution in [0.5, 0.6) is 0 Å². The number of para-hydroxylation sites is 1. The third kappa shape index (κ3) is 5.43. The van der Waals surface area contributed by atoms with E-state index < -0.39 is 54.4 Å². The van der Waals surface area contributed by atoms with Gasteiger partial charge in [-0.25, -0.2) is 15.0 Å². The second-order valence-corrected chi connectivity index (χ2v) is 13.3. The lowest BCUT2D eigenvalue weighted by atomic mass is 9.97. The molecule has 0 amide bonds. The van der Waals surface area contributed by atoms with E-state index in [4.69, 9.17) is 27.6 Å². The molecule has 11 aromatic rings. The van der Waals surface area contributed by atoms with Gasteiger partial charge in [-0.05, 0) is 84.9 Å². The fourth-order valence-corrected chi connectivity index (χ4v) is 7.28. The van der Waals surface area contributed by atoms with Crippen LogP contribution in [0.25, 0.3) is 111 Å². The largest absolute Gasteiger partial charge is 0.456 e. The van der Waals surface area contributed by atoms with Crippen molar-refractivity contribution in [2.75, 3.05) is 0 Å². The minimum absolute atomic E-state index is 0.129. The first-order valence-electron chi connectivity index (χ1n) is 22.3. The van der Waals surface area contributed by atoms with Gasteiger partial charge in [0.25, 0.3) is 0 Å². The van der Waals surface area contributed by atoms with Gasteiger partial charge in [-0.3, -0.25) is 0 Å². The van der Waals surface area contributed by atoms with Crippen molar-refractivity contribution in [3.05, 3.63) is 188 Å². The van der Waals surface area contributed by atoms with E-state index >= 15 is 0 Å². The van der Waals surface area contributed by atoms with E-state index in [0.29, 0.717) is 22.3 Å². The first-order chi connectivity index (χ1) is 31.0. The second-order valence-electron chi connectivity index (χ2n) is 13.3. The molecular weight excluding hydrogens is 671 g/mol. The zero-order chi connectivity index (χ0) is 44.1. The number of furan rings is 1. The Morgan fingerprint density at radius 2 is 1.02 bits per heavy atom. The van der Waals surface area contributed by atoms with E-state index in [-0.39, 0.29) is 44.6 Å². The van der Waals surface area contributed by atoms with Gasteiger partial charge in [0.15, 0.2) is 17.5 Å². The zero-order valence-electron chi connectivity index (χ0n) is 38.0. The molecule has 0 spiro atoms. The summed E-state index contributed by atoms with van der Waals surface area (Å²) in [5.41, 5.74) is 6.24. The standard InChI is InChI=1S/C51H31N3O/c1-2-11-37-29-39(27-23-32(37)9-1)34-21-19-33(20-22-34)38-12-7-13-40(30-38)49-52-50(41-28-26-36-25-24-35-10-3-4-14-42(35)45(36)31-41)54-51(53-49)44-16-8-18-47-48(44)43-15-5-6-17-46(43)55-47/h1-31H/i3D,4D,10D,14D,24D,25D,26D,28D,31D. The first-order valence-corrected chi connectivity index (χ1v) is 17.8. The van der Waals surface area contributed by atoms with E-state index in [0.717, 1.165) is 38.4 Å². The summed E-state index contributed by atoms with van der Waals surface area (Å²) in [6.45, 7) is 0. The third-order valence-corrected chi connectivity index (χ3v) is 9.99. The van der Waals surface area contributed by atoms with Gasteiger partial charge in [0.1, 0.15) is 11.2 Å². The molecule has 4 heteroatoms. The molecule has 0 aliphatic heterocycles. The monoisotopic (exact) mass is 710 g/mol. The summed E-state index contributed by atoms with van der Waals surface area (Å²) in [6, 6.07) is 39.1. The van der Waals surface area contributed by atoms with Crippen LogP contribution < -0.4 is 0 Å². The van der Waals surface area contributed by atoms with Gasteiger partial charge in [-0.1, -0.05) is 158 Å². The number of benzene rings is 9. The summed E-state index contributed by atoms with van der Waals surface area (Å²) in [7, 11) is 0. The fraction of sp³-hybridized carbons (Fsp3) is 0. The summed E-state index contributed by atoms with van der Waals surface area (Å²) in [5, 5.41) is 3.04. The van der Waals surface area contributed by atoms with E-state index in [9.17, 15) is 4.11 Å². The van der Waals surface area contributed by atoms with Crippen molar-refractivity contribution in [1.29, 1.82) is 0 Å². The molecule has 2 aromatic heterocycles. The number of hydrogen-bond donors (Lipinski definition) is 0. The predicted octanol–water partition coefficient (Wildman–Crippen LogP) is 13.6. The maximum absolute atomic E-state index is 9.67. The molecule has 0 radical (unpaired) electrons. The molecule has 0 aliphatic rings. The molecule has 11 rings (SSSR count). The summed E-state index contributed by atoms with van der Waals surface area (Å²) in [4.78, 5) is 14.8. The smallest absolute Gasteiger partial charge is 0.164 e. The topological polar surface area (TPSA) is 51.8 Å². The molecule has 0 fully saturated rings. The number of nitrogens with zero attached hydrogens (tertiary/aromatic N) is 3. The predicted molar refractivity (Wildman–Crippen MR) is 227 cm³/mol. The molecule has 0 saturated carbocycles. The van der Waals surface area contributed by atoms with Crippen molar-refractivity contribution in [1.82, 2.24) is 15.0 Å². The van der Waals surface area contributed by atoms with Gasteiger partial charge in [0.2, 0.25) is 0 Å². The van der Waals surface area contributed by atoms with Crippen molar-refractivity contribution in [3.63, 3.8) is 0 Å². The van der Waals surface area contributed by atoms with Crippen molar-refractivity contribution >= 4 is 54.3 Å². The molecule has 0 aliphatic carbocycles. The summed E-state index contributed by atoms with van der Waals surface area (Å²) in [6.07, 6.45) is 0. The molecule has 2 heterocycles. The Morgan fingerprint density at radius 1 is 0.382 bits per heavy atom. The second kappa shape index (κ2) is 12.6. The molecule has 55 heavy (non-hydrogen) atoms. The number of fused-ring (bicyclic) bond motifs is 7. The summed E-state index contributed by atoms with van der Waals surface area (Å²) in [5.74, 6) is 0.275. The Morgan fingerprint density at radius 3 is 1.89 bits per heavy atom. The van der Waals surface area contributed by atoms with Crippen LogP contribution in [-0.2, 0) is 0 Å². The molecule has 0 unspecified atom stereocenters. The average molecular weight is 711 g/mol. The van der Waals surface area contributed by atoms with E-state index in [1.165, 1.54) is 5.39 Å². The molecular formula is C51H31N3O. The van der Waals surface area contributed by atoms with Crippen LogP contribution >= 0.6 is 0 Å². The minimum Gasteiger partial charge on any atom is -0.456 e. The highest BCUT2D eigenvalue weighted by atomic mass is 16.3. The zero-order valence-corrected chi connectivity index (χ0v) is 29.0. The highest BCUT2D eigenvalue weighted by Gasteiger charge is 2.18. The minimum atomic E-state index is -0.591. The van der Waals surface area contributed by atoms with Crippen molar-refractivity contribution in [3.8, 4) is 56.4 Å². The van der Waals surface area contributed by atoms with Crippen molar-refractivity contribution in [2.45, 2.75) is 0 Å². The van der Waals surface area contributed by atoms with Gasteiger partial charge < -0.3 is 4.42 Å². The maximum atomic E-state index is 9.67. The number of hydrogen-bond acceptors (Lipinski definition) is 4. The molecule has 9 aromatic carbocycles. The van der Waals surface area contributed by atoms with Gasteiger partial charge >= 0.3 is 0 Å². The normalized spacial score (nSPS) is 13.9. The van der Waals surface area contributed by atoms with Crippen LogP contribution in [0.4, 0.5) is 0 Å². The van der Waals surface area contributed by atoms with Crippen LogP contribution in [0.3, 0.4) is 0 Å². The quantitative estimate of drug-likeness (QED) is 0.167. The van der Waals surface area contributed by atoms with Gasteiger partial charge in [0.05, 0.1) is 12.3 Å². The van der Waals surface area contributed by atoms with Crippen LogP contribution in [0, 0.1) is 0 Å². The number of aromatic nitrogens is 3. The Kier molecular flexibility index (Phi) is 5.34. The fourth-order valence-electron chi connectivity index (χ4n) is 7.28. The highest BCUT2D eigenvalue weighted by Crippen LogP contribution is 2.38. The van der Waals surface area contributed by atoms with Crippen molar-refractivity contribution in [2.24, 2.45) is 0 Å². The lowest BCUT2D eigenvalue weighted by Gasteiger charge is -2.11. The average Bonchev–Trinajstić information content (AvgIpc) is 3.71. The van der Waals surface area contributed by atoms with Crippen LogP contribution in [0.2, 0.25) is 0 Å². The van der Waals surface area contributed by atoms with Gasteiger partial charge in [-0.15, -0.1) is 0 Å². The highest BCUT2D eigenvalue weighted by molar-refractivity contribution is 6.12. The molecule has 0 saturated heterocycles. The van der Waals surface area contributed by atoms with Crippen LogP contribution in [0.15, 0.2) is 192 Å². The first kappa shape index (κ1) is 23.3. The Labute approximate surface area is 329 Å². The van der Waals surface area contributed by atoms with Crippen molar-refractivity contribution < 1.29 is 16.8 Å². The molecule has 256 valence electrons. The summed E-state index contributed by atoms with van der Waals surface area (Å²) >= 11 is 0. The molecule has 0 N–H and O–H groups in total. The Bertz CT molecular complexity index is 3800. The van der Waals surface area contributed by atoms with E-state index in [1.807, 2.05) is 78.9 Å². The van der Waals surface area contributed by atoms with Crippen LogP contribution in [0.1, 0.15) is 12.3 Å². The lowest BCUT2D eigenvalue weighted by molar-refractivity contribution is 0.669. The third-order valence-electron chi connectivity index (χ3n) is 9.99. The van der Waals surface area contributed by atoms with Gasteiger partial charge in [-0.2, -0.15) is 0 Å².